The molecule has 2 aliphatic rings. The van der Waals surface area contributed by atoms with Crippen LogP contribution in [0.25, 0.3) is 0 Å². The molecule has 1 aromatic carbocycles. The van der Waals surface area contributed by atoms with Crippen molar-refractivity contribution < 1.29 is 23.9 Å². The highest BCUT2D eigenvalue weighted by atomic mass is 16.5. The van der Waals surface area contributed by atoms with Gasteiger partial charge < -0.3 is 36.5 Å². The summed E-state index contributed by atoms with van der Waals surface area (Å²) in [5, 5.41) is 5.47. The van der Waals surface area contributed by atoms with Crippen molar-refractivity contribution >= 4 is 23.7 Å². The summed E-state index contributed by atoms with van der Waals surface area (Å²) in [6.45, 7) is 1.34. The van der Waals surface area contributed by atoms with Gasteiger partial charge in [0.25, 0.3) is 11.8 Å². The Hall–Kier alpha value is -3.34. The van der Waals surface area contributed by atoms with Gasteiger partial charge >= 0.3 is 0 Å². The molecule has 2 heterocycles. The van der Waals surface area contributed by atoms with Gasteiger partial charge in [-0.25, -0.2) is 0 Å². The number of nitrogens with one attached hydrogen (secondary N) is 2. The Bertz CT molecular complexity index is 882. The maximum atomic E-state index is 13.4. The molecule has 3 unspecified atom stereocenters. The Morgan fingerprint density at radius 2 is 2.12 bits per heavy atom. The van der Waals surface area contributed by atoms with Crippen molar-refractivity contribution in [3.8, 4) is 5.75 Å². The van der Waals surface area contributed by atoms with Crippen molar-refractivity contribution in [2.75, 3.05) is 26.8 Å². The van der Waals surface area contributed by atoms with Gasteiger partial charge in [-0.2, -0.15) is 0 Å². The van der Waals surface area contributed by atoms with Gasteiger partial charge in [0.15, 0.2) is 12.0 Å². The minimum atomic E-state index is -1.29. The fraction of sp³-hybridized carbons (Fsp3) is 0.545. The van der Waals surface area contributed by atoms with Gasteiger partial charge in [-0.05, 0) is 31.7 Å². The van der Waals surface area contributed by atoms with Gasteiger partial charge in [-0.15, -0.1) is 0 Å². The first-order valence-corrected chi connectivity index (χ1v) is 11.1. The number of hydrogen-bond donors (Lipinski definition) is 4. The maximum absolute atomic E-state index is 13.4. The van der Waals surface area contributed by atoms with E-state index in [1.807, 2.05) is 12.1 Å². The molecule has 0 spiro atoms. The molecule has 11 nitrogen and oxygen atoms in total. The summed E-state index contributed by atoms with van der Waals surface area (Å²) >= 11 is 0. The van der Waals surface area contributed by atoms with Crippen LogP contribution in [0.15, 0.2) is 29.3 Å². The fourth-order valence-electron chi connectivity index (χ4n) is 4.04. The van der Waals surface area contributed by atoms with Crippen molar-refractivity contribution in [1.29, 1.82) is 0 Å². The van der Waals surface area contributed by atoms with E-state index in [1.54, 1.807) is 12.1 Å². The van der Waals surface area contributed by atoms with Gasteiger partial charge in [-0.3, -0.25) is 19.4 Å². The van der Waals surface area contributed by atoms with E-state index in [2.05, 4.69) is 15.6 Å². The molecule has 1 aromatic rings. The zero-order chi connectivity index (χ0) is 23.8. The lowest BCUT2D eigenvalue weighted by atomic mass is 10.0. The van der Waals surface area contributed by atoms with E-state index in [9.17, 15) is 14.4 Å². The highest BCUT2D eigenvalue weighted by molar-refractivity contribution is 6.10. The van der Waals surface area contributed by atoms with Crippen LogP contribution in [0.4, 0.5) is 0 Å². The number of nitrogens with zero attached hydrogens (tertiary/aromatic N) is 2. The summed E-state index contributed by atoms with van der Waals surface area (Å²) in [4.78, 5) is 44.6. The molecule has 2 fully saturated rings. The van der Waals surface area contributed by atoms with Crippen LogP contribution in [-0.4, -0.2) is 73.6 Å². The average Bonchev–Trinajstić information content (AvgIpc) is 3.32. The standard InChI is InChI=1S/C22H32N6O5/c1-32-17-9-3-2-6-14(17)13-28-18(19(29)26-12-15-7-5-11-33-15)20(30)27-16(21(28)31)8-4-10-25-22(23)24/h2-3,6,9,15-16,18H,4-5,7-8,10-13H2,1H3,(H,26,29)(H,27,30)(H4,23,24,25). The van der Waals surface area contributed by atoms with Crippen LogP contribution in [0.2, 0.25) is 0 Å². The lowest BCUT2D eigenvalue weighted by Crippen LogP contribution is -2.67. The summed E-state index contributed by atoms with van der Waals surface area (Å²) in [5.41, 5.74) is 11.4. The molecule has 0 bridgehead atoms. The van der Waals surface area contributed by atoms with E-state index in [0.29, 0.717) is 43.9 Å². The number of methoxy groups -OCH3 is 1. The Morgan fingerprint density at radius 1 is 1.33 bits per heavy atom. The number of benzene rings is 1. The van der Waals surface area contributed by atoms with E-state index in [0.717, 1.165) is 12.8 Å². The predicted octanol–water partition coefficient (Wildman–Crippen LogP) is -0.760. The number of hydrogen-bond acceptors (Lipinski definition) is 6. The summed E-state index contributed by atoms with van der Waals surface area (Å²) in [7, 11) is 1.53. The van der Waals surface area contributed by atoms with E-state index in [4.69, 9.17) is 20.9 Å². The van der Waals surface area contributed by atoms with Crippen LogP contribution in [-0.2, 0) is 25.7 Å². The number of guanidine groups is 1. The van der Waals surface area contributed by atoms with Crippen LogP contribution in [0.5, 0.6) is 5.75 Å². The lowest BCUT2D eigenvalue weighted by Gasteiger charge is -2.38. The molecule has 3 amide bonds. The highest BCUT2D eigenvalue weighted by Crippen LogP contribution is 2.23. The van der Waals surface area contributed by atoms with Crippen molar-refractivity contribution in [2.45, 2.75) is 50.4 Å². The number of aliphatic imine (C=N–C) groups is 1. The third-order valence-electron chi connectivity index (χ3n) is 5.71. The lowest BCUT2D eigenvalue weighted by molar-refractivity contribution is -0.155. The van der Waals surface area contributed by atoms with Gasteiger partial charge in [0.2, 0.25) is 5.91 Å². The summed E-state index contributed by atoms with van der Waals surface area (Å²) in [5.74, 6) is -0.872. The SMILES string of the molecule is COc1ccccc1CN1C(=O)C(CCCN=C(N)N)NC(=O)C1C(=O)NCC1CCCO1. The van der Waals surface area contributed by atoms with Crippen LogP contribution >= 0.6 is 0 Å². The average molecular weight is 461 g/mol. The molecule has 3 atom stereocenters. The number of amides is 3. The number of carbonyl (C=O) groups excluding carboxylic acids is 3. The molecule has 3 rings (SSSR count). The largest absolute Gasteiger partial charge is 0.496 e. The Kier molecular flexibility index (Phi) is 8.47. The van der Waals surface area contributed by atoms with Crippen LogP contribution in [0.1, 0.15) is 31.2 Å². The number of nitrogens with two attached hydrogens (primary N) is 2. The fourth-order valence-corrected chi connectivity index (χ4v) is 4.04. The molecule has 6 N–H and O–H groups in total. The summed E-state index contributed by atoms with van der Waals surface area (Å²) < 4.78 is 10.9. The summed E-state index contributed by atoms with van der Waals surface area (Å²) in [6.07, 6.45) is 2.53. The van der Waals surface area contributed by atoms with Crippen molar-refractivity contribution in [1.82, 2.24) is 15.5 Å². The molecule has 33 heavy (non-hydrogen) atoms. The van der Waals surface area contributed by atoms with E-state index in [-0.39, 0.29) is 24.5 Å². The molecule has 0 radical (unpaired) electrons. The minimum absolute atomic E-state index is 0.0326. The molecule has 11 heteroatoms. The van der Waals surface area contributed by atoms with Crippen LogP contribution in [0.3, 0.4) is 0 Å². The van der Waals surface area contributed by atoms with Gasteiger partial charge in [0, 0.05) is 25.3 Å². The summed E-state index contributed by atoms with van der Waals surface area (Å²) in [6, 6.07) is 5.12. The first-order chi connectivity index (χ1) is 15.9. The number of carbonyl (C=O) groups is 3. The second-order valence-corrected chi connectivity index (χ2v) is 8.07. The number of para-hydroxylation sites is 1. The second-order valence-electron chi connectivity index (χ2n) is 8.07. The highest BCUT2D eigenvalue weighted by Gasteiger charge is 2.44. The maximum Gasteiger partial charge on any atom is 0.253 e. The van der Waals surface area contributed by atoms with Gasteiger partial charge in [0.1, 0.15) is 11.8 Å². The first-order valence-electron chi connectivity index (χ1n) is 11.1. The molecule has 0 aliphatic carbocycles. The van der Waals surface area contributed by atoms with E-state index in [1.165, 1.54) is 12.0 Å². The Morgan fingerprint density at radius 3 is 2.82 bits per heavy atom. The molecular weight excluding hydrogens is 428 g/mol. The topological polar surface area (TPSA) is 161 Å². The van der Waals surface area contributed by atoms with Crippen LogP contribution in [0, 0.1) is 0 Å². The Labute approximate surface area is 192 Å². The van der Waals surface area contributed by atoms with Crippen LogP contribution < -0.4 is 26.8 Å². The Balaban J connectivity index is 1.77. The molecular formula is C22H32N6O5. The smallest absolute Gasteiger partial charge is 0.253 e. The number of piperazine rings is 1. The number of ether oxygens (including phenoxy) is 2. The van der Waals surface area contributed by atoms with Crippen molar-refractivity contribution in [3.63, 3.8) is 0 Å². The minimum Gasteiger partial charge on any atom is -0.496 e. The zero-order valence-electron chi connectivity index (χ0n) is 18.8. The monoisotopic (exact) mass is 460 g/mol. The predicted molar refractivity (Wildman–Crippen MR) is 121 cm³/mol. The number of rotatable bonds is 10. The molecule has 2 aliphatic heterocycles. The van der Waals surface area contributed by atoms with E-state index >= 15 is 0 Å². The second kappa shape index (κ2) is 11.5. The quantitative estimate of drug-likeness (QED) is 0.154. The third kappa shape index (κ3) is 6.35. The third-order valence-corrected chi connectivity index (χ3v) is 5.71. The molecule has 0 saturated carbocycles. The van der Waals surface area contributed by atoms with Crippen molar-refractivity contribution in [3.05, 3.63) is 29.8 Å². The van der Waals surface area contributed by atoms with Crippen molar-refractivity contribution in [2.24, 2.45) is 16.5 Å². The van der Waals surface area contributed by atoms with E-state index < -0.39 is 23.9 Å². The molecule has 180 valence electrons. The van der Waals surface area contributed by atoms with Gasteiger partial charge in [-0.1, -0.05) is 18.2 Å². The first kappa shape index (κ1) is 24.3. The van der Waals surface area contributed by atoms with Gasteiger partial charge in [0.05, 0.1) is 19.8 Å². The normalized spacial score (nSPS) is 22.6. The molecule has 0 aromatic heterocycles. The molecule has 2 saturated heterocycles. The zero-order valence-corrected chi connectivity index (χ0v) is 18.8.